The highest BCUT2D eigenvalue weighted by molar-refractivity contribution is 5.90. The molecule has 2 aromatic heterocycles. The van der Waals surface area contributed by atoms with Gasteiger partial charge < -0.3 is 25.3 Å². The number of nitrogens with one attached hydrogen (secondary N) is 2. The van der Waals surface area contributed by atoms with Gasteiger partial charge in [0.25, 0.3) is 0 Å². The number of aryl methyl sites for hydroxylation is 1. The number of carbonyl (C=O) groups excluding carboxylic acids is 1. The molecular formula is C31H39N9O. The second-order valence-corrected chi connectivity index (χ2v) is 10.2. The highest BCUT2D eigenvalue weighted by Gasteiger charge is 2.17. The molecule has 2 amide bonds. The second kappa shape index (κ2) is 12.8. The molecule has 2 N–H and O–H groups in total. The summed E-state index contributed by atoms with van der Waals surface area (Å²) < 4.78 is 1.91. The van der Waals surface area contributed by atoms with Crippen molar-refractivity contribution < 1.29 is 4.79 Å². The Balaban J connectivity index is 1.36. The van der Waals surface area contributed by atoms with Crippen LogP contribution in [-0.2, 0) is 6.54 Å². The zero-order valence-corrected chi connectivity index (χ0v) is 24.3. The largest absolute Gasteiger partial charge is 0.369 e. The average molecular weight is 554 g/mol. The number of likely N-dealkylation sites (N-methyl/N-ethyl adjacent to an activating group) is 1. The number of rotatable bonds is 9. The minimum atomic E-state index is -0.103. The molecule has 1 fully saturated rings. The van der Waals surface area contributed by atoms with E-state index in [9.17, 15) is 4.79 Å². The van der Waals surface area contributed by atoms with Gasteiger partial charge in [0.05, 0.1) is 5.69 Å². The van der Waals surface area contributed by atoms with Crippen LogP contribution in [-0.4, -0.2) is 81.9 Å². The number of benzene rings is 2. The third kappa shape index (κ3) is 6.66. The lowest BCUT2D eigenvalue weighted by atomic mass is 10.1. The van der Waals surface area contributed by atoms with Gasteiger partial charge >= 0.3 is 6.03 Å². The molecule has 3 heterocycles. The summed E-state index contributed by atoms with van der Waals surface area (Å²) in [6.07, 6.45) is 3.79. The zero-order valence-electron chi connectivity index (χ0n) is 24.3. The molecule has 10 nitrogen and oxygen atoms in total. The predicted molar refractivity (Wildman–Crippen MR) is 166 cm³/mol. The molecule has 0 bridgehead atoms. The number of hydrogen-bond acceptors (Lipinski definition) is 7. The van der Waals surface area contributed by atoms with Crippen LogP contribution in [0.3, 0.4) is 0 Å². The Morgan fingerprint density at radius 2 is 1.71 bits per heavy atom. The predicted octanol–water partition coefficient (Wildman–Crippen LogP) is 5.40. The maximum Gasteiger partial charge on any atom is 0.321 e. The Hall–Kier alpha value is -4.44. The van der Waals surface area contributed by atoms with Gasteiger partial charge in [-0.1, -0.05) is 18.2 Å². The number of hydrogen-bond donors (Lipinski definition) is 2. The van der Waals surface area contributed by atoms with Gasteiger partial charge in [-0.15, -0.1) is 0 Å². The van der Waals surface area contributed by atoms with Crippen LogP contribution in [0.1, 0.15) is 20.8 Å². The van der Waals surface area contributed by atoms with Gasteiger partial charge in [-0.25, -0.2) is 14.8 Å². The lowest BCUT2D eigenvalue weighted by Gasteiger charge is -2.34. The summed E-state index contributed by atoms with van der Waals surface area (Å²) in [7, 11) is 2.16. The standard InChI is InChI=1S/C31H39N9O/c1-5-38(6-2)31(41)34-24-13-11-23(12-14-24)29-27(22-40(7-3)36-29)28-15-16-32-30(35-28)33-25-9-8-10-26(21-25)39-19-17-37(4)18-20-39/h8-16,21-22H,5-7,17-20H2,1-4H3,(H,34,41)(H,32,33,35). The van der Waals surface area contributed by atoms with E-state index >= 15 is 0 Å². The van der Waals surface area contributed by atoms with Crippen molar-refractivity contribution >= 4 is 29.0 Å². The molecular weight excluding hydrogens is 514 g/mol. The third-order valence-electron chi connectivity index (χ3n) is 7.45. The van der Waals surface area contributed by atoms with Gasteiger partial charge in [-0.2, -0.15) is 5.10 Å². The molecule has 0 spiro atoms. The zero-order chi connectivity index (χ0) is 28.8. The molecule has 1 saturated heterocycles. The summed E-state index contributed by atoms with van der Waals surface area (Å²) in [4.78, 5) is 28.3. The van der Waals surface area contributed by atoms with Crippen LogP contribution < -0.4 is 15.5 Å². The van der Waals surface area contributed by atoms with E-state index in [1.165, 1.54) is 5.69 Å². The number of anilines is 4. The third-order valence-corrected chi connectivity index (χ3v) is 7.45. The summed E-state index contributed by atoms with van der Waals surface area (Å²) in [5.41, 5.74) is 6.37. The lowest BCUT2D eigenvalue weighted by molar-refractivity contribution is 0.217. The fraction of sp³-hybridized carbons (Fsp3) is 0.355. The van der Waals surface area contributed by atoms with Gasteiger partial charge in [0.2, 0.25) is 5.95 Å². The van der Waals surface area contributed by atoms with E-state index in [-0.39, 0.29) is 6.03 Å². The average Bonchev–Trinajstić information content (AvgIpc) is 3.44. The van der Waals surface area contributed by atoms with Crippen molar-refractivity contribution in [2.75, 3.05) is 61.8 Å². The van der Waals surface area contributed by atoms with Gasteiger partial charge in [0.15, 0.2) is 0 Å². The van der Waals surface area contributed by atoms with E-state index in [1.54, 1.807) is 11.1 Å². The van der Waals surface area contributed by atoms with Crippen LogP contribution in [0.15, 0.2) is 67.0 Å². The fourth-order valence-corrected chi connectivity index (χ4v) is 4.95. The maximum atomic E-state index is 12.5. The van der Waals surface area contributed by atoms with Crippen LogP contribution in [0.2, 0.25) is 0 Å². The van der Waals surface area contributed by atoms with Crippen molar-refractivity contribution in [2.45, 2.75) is 27.3 Å². The van der Waals surface area contributed by atoms with E-state index in [4.69, 9.17) is 10.1 Å². The molecule has 2 aromatic carbocycles. The molecule has 5 rings (SSSR count). The lowest BCUT2D eigenvalue weighted by Crippen LogP contribution is -2.44. The summed E-state index contributed by atoms with van der Waals surface area (Å²) in [6, 6.07) is 18.0. The number of aromatic nitrogens is 4. The Kier molecular flexibility index (Phi) is 8.79. The van der Waals surface area contributed by atoms with Crippen LogP contribution in [0, 0.1) is 0 Å². The normalized spacial score (nSPS) is 13.7. The molecule has 214 valence electrons. The molecule has 0 saturated carbocycles. The topological polar surface area (TPSA) is 94.4 Å². The van der Waals surface area contributed by atoms with Gasteiger partial charge in [0.1, 0.15) is 5.69 Å². The molecule has 4 aromatic rings. The van der Waals surface area contributed by atoms with Gasteiger partial charge in [0, 0.05) is 86.4 Å². The minimum absolute atomic E-state index is 0.103. The van der Waals surface area contributed by atoms with Crippen molar-refractivity contribution in [3.63, 3.8) is 0 Å². The maximum absolute atomic E-state index is 12.5. The molecule has 1 aliphatic heterocycles. The Labute approximate surface area is 242 Å². The molecule has 0 radical (unpaired) electrons. The number of amides is 2. The van der Waals surface area contributed by atoms with Crippen molar-refractivity contribution in [3.8, 4) is 22.5 Å². The summed E-state index contributed by atoms with van der Waals surface area (Å²) >= 11 is 0. The molecule has 0 aliphatic carbocycles. The SMILES string of the molecule is CCN(CC)C(=O)Nc1ccc(-c2nn(CC)cc2-c2ccnc(Nc3cccc(N4CCN(C)CC4)c3)n2)cc1. The second-order valence-electron chi connectivity index (χ2n) is 10.2. The smallest absolute Gasteiger partial charge is 0.321 e. The van der Waals surface area contributed by atoms with Crippen molar-refractivity contribution in [3.05, 3.63) is 67.0 Å². The summed E-state index contributed by atoms with van der Waals surface area (Å²) in [6.45, 7) is 12.2. The highest BCUT2D eigenvalue weighted by atomic mass is 16.2. The van der Waals surface area contributed by atoms with Crippen molar-refractivity contribution in [1.29, 1.82) is 0 Å². The van der Waals surface area contributed by atoms with E-state index < -0.39 is 0 Å². The van der Waals surface area contributed by atoms with E-state index in [0.717, 1.165) is 66.6 Å². The first-order chi connectivity index (χ1) is 20.0. The first kappa shape index (κ1) is 28.1. The molecule has 1 aliphatic rings. The quantitative estimate of drug-likeness (QED) is 0.287. The van der Waals surface area contributed by atoms with Crippen molar-refractivity contribution in [1.82, 2.24) is 29.5 Å². The highest BCUT2D eigenvalue weighted by Crippen LogP contribution is 2.31. The first-order valence-corrected chi connectivity index (χ1v) is 14.3. The number of carbonyl (C=O) groups is 1. The van der Waals surface area contributed by atoms with Crippen LogP contribution in [0.25, 0.3) is 22.5 Å². The van der Waals surface area contributed by atoms with E-state index in [0.29, 0.717) is 19.0 Å². The fourth-order valence-electron chi connectivity index (χ4n) is 4.95. The number of piperazine rings is 1. The van der Waals surface area contributed by atoms with E-state index in [1.807, 2.05) is 61.1 Å². The molecule has 0 unspecified atom stereocenters. The van der Waals surface area contributed by atoms with Crippen LogP contribution in [0.5, 0.6) is 0 Å². The summed E-state index contributed by atoms with van der Waals surface area (Å²) in [5, 5.41) is 11.2. The van der Waals surface area contributed by atoms with E-state index in [2.05, 4.69) is 57.6 Å². The van der Waals surface area contributed by atoms with Gasteiger partial charge in [-0.05, 0) is 64.2 Å². The minimum Gasteiger partial charge on any atom is -0.369 e. The Bertz CT molecular complexity index is 1450. The van der Waals surface area contributed by atoms with Crippen LogP contribution >= 0.6 is 0 Å². The molecule has 41 heavy (non-hydrogen) atoms. The monoisotopic (exact) mass is 553 g/mol. The summed E-state index contributed by atoms with van der Waals surface area (Å²) in [5.74, 6) is 0.530. The number of urea groups is 1. The first-order valence-electron chi connectivity index (χ1n) is 14.3. The Morgan fingerprint density at radius 3 is 2.41 bits per heavy atom. The molecule has 0 atom stereocenters. The van der Waals surface area contributed by atoms with Gasteiger partial charge in [-0.3, -0.25) is 4.68 Å². The Morgan fingerprint density at radius 1 is 0.951 bits per heavy atom. The van der Waals surface area contributed by atoms with Crippen molar-refractivity contribution in [2.24, 2.45) is 0 Å². The van der Waals surface area contributed by atoms with Crippen LogP contribution in [0.4, 0.5) is 27.8 Å². The number of nitrogens with zero attached hydrogens (tertiary/aromatic N) is 7. The molecule has 10 heteroatoms.